The molecule has 0 aliphatic carbocycles. The van der Waals surface area contributed by atoms with Gasteiger partial charge in [0.05, 0.1) is 37.6 Å². The van der Waals surface area contributed by atoms with Crippen LogP contribution in [0.15, 0.2) is 18.6 Å². The minimum atomic E-state index is -0.132. The van der Waals surface area contributed by atoms with E-state index in [1.807, 2.05) is 4.90 Å². The molecule has 148 valence electrons. The van der Waals surface area contributed by atoms with Gasteiger partial charge in [-0.15, -0.1) is 0 Å². The summed E-state index contributed by atoms with van der Waals surface area (Å²) in [6.07, 6.45) is 6.93. The van der Waals surface area contributed by atoms with Crippen LogP contribution >= 0.6 is 0 Å². The fraction of sp³-hybridized carbons (Fsp3) is 0.684. The van der Waals surface area contributed by atoms with Crippen LogP contribution in [0.3, 0.4) is 0 Å². The van der Waals surface area contributed by atoms with Gasteiger partial charge in [-0.3, -0.25) is 24.5 Å². The van der Waals surface area contributed by atoms with Crippen LogP contribution in [0.1, 0.15) is 25.0 Å². The minimum Gasteiger partial charge on any atom is -0.379 e. The maximum atomic E-state index is 12.8. The van der Waals surface area contributed by atoms with E-state index in [-0.39, 0.29) is 17.7 Å². The Morgan fingerprint density at radius 3 is 2.85 bits per heavy atom. The van der Waals surface area contributed by atoms with E-state index in [1.54, 1.807) is 30.5 Å². The van der Waals surface area contributed by atoms with Gasteiger partial charge in [-0.2, -0.15) is 0 Å². The molecule has 1 aromatic heterocycles. The zero-order valence-corrected chi connectivity index (χ0v) is 16.0. The molecule has 2 aliphatic rings. The first kappa shape index (κ1) is 19.7. The van der Waals surface area contributed by atoms with Gasteiger partial charge in [-0.1, -0.05) is 0 Å². The molecule has 0 radical (unpaired) electrons. The van der Waals surface area contributed by atoms with Gasteiger partial charge in [0.25, 0.3) is 0 Å². The number of ether oxygens (including phenoxy) is 1. The normalized spacial score (nSPS) is 21.3. The van der Waals surface area contributed by atoms with E-state index < -0.39 is 0 Å². The minimum absolute atomic E-state index is 0.0753. The molecule has 1 aromatic rings. The maximum Gasteiger partial charge on any atom is 0.227 e. The van der Waals surface area contributed by atoms with Crippen LogP contribution in [-0.2, 0) is 20.9 Å². The van der Waals surface area contributed by atoms with Gasteiger partial charge in [0, 0.05) is 58.6 Å². The summed E-state index contributed by atoms with van der Waals surface area (Å²) in [5.41, 5.74) is 0.766. The van der Waals surface area contributed by atoms with E-state index in [9.17, 15) is 9.59 Å². The molecule has 1 atom stereocenters. The van der Waals surface area contributed by atoms with Crippen LogP contribution in [0.5, 0.6) is 0 Å². The quantitative estimate of drug-likeness (QED) is 0.686. The largest absolute Gasteiger partial charge is 0.379 e. The molecule has 2 amide bonds. The number of morpholine rings is 1. The topological polar surface area (TPSA) is 78.9 Å². The summed E-state index contributed by atoms with van der Waals surface area (Å²) in [5.74, 6) is 0.108. The second-order valence-electron chi connectivity index (χ2n) is 7.27. The van der Waals surface area contributed by atoms with Crippen molar-refractivity contribution in [3.05, 3.63) is 24.3 Å². The van der Waals surface area contributed by atoms with Crippen LogP contribution < -0.4 is 0 Å². The Balaban J connectivity index is 1.46. The molecule has 0 bridgehead atoms. The zero-order chi connectivity index (χ0) is 19.1. The molecule has 0 aromatic carbocycles. The summed E-state index contributed by atoms with van der Waals surface area (Å²) in [4.78, 5) is 39.2. The van der Waals surface area contributed by atoms with Gasteiger partial charge in [-0.25, -0.2) is 0 Å². The molecule has 0 saturated carbocycles. The molecule has 8 nitrogen and oxygen atoms in total. The first-order chi connectivity index (χ1) is 13.1. The molecule has 3 heterocycles. The number of carbonyl (C=O) groups is 2. The third-order valence-corrected chi connectivity index (χ3v) is 5.25. The van der Waals surface area contributed by atoms with Crippen molar-refractivity contribution in [1.29, 1.82) is 0 Å². The monoisotopic (exact) mass is 375 g/mol. The average molecular weight is 375 g/mol. The van der Waals surface area contributed by atoms with E-state index in [0.29, 0.717) is 32.5 Å². The lowest BCUT2D eigenvalue weighted by Crippen LogP contribution is -2.47. The highest BCUT2D eigenvalue weighted by molar-refractivity contribution is 5.83. The second kappa shape index (κ2) is 9.75. The molecule has 2 fully saturated rings. The first-order valence-electron chi connectivity index (χ1n) is 9.71. The van der Waals surface area contributed by atoms with E-state index in [1.165, 1.54) is 0 Å². The van der Waals surface area contributed by atoms with Crippen molar-refractivity contribution < 1.29 is 14.3 Å². The Kier molecular flexibility index (Phi) is 7.11. The lowest BCUT2D eigenvalue weighted by Gasteiger charge is -2.34. The predicted octanol–water partition coefficient (Wildman–Crippen LogP) is 0.396. The number of hydrogen-bond donors (Lipinski definition) is 0. The first-order valence-corrected chi connectivity index (χ1v) is 9.71. The number of amides is 2. The van der Waals surface area contributed by atoms with Crippen molar-refractivity contribution in [2.75, 3.05) is 53.0 Å². The van der Waals surface area contributed by atoms with Crippen molar-refractivity contribution in [2.45, 2.75) is 25.8 Å². The molecule has 3 rings (SSSR count). The summed E-state index contributed by atoms with van der Waals surface area (Å²) >= 11 is 0. The third kappa shape index (κ3) is 5.71. The summed E-state index contributed by atoms with van der Waals surface area (Å²) in [6, 6.07) is 0. The fourth-order valence-electron chi connectivity index (χ4n) is 3.69. The molecule has 0 spiro atoms. The number of rotatable bonds is 7. The molecule has 0 N–H and O–H groups in total. The Labute approximate surface area is 160 Å². The smallest absolute Gasteiger partial charge is 0.227 e. The molecular weight excluding hydrogens is 346 g/mol. The van der Waals surface area contributed by atoms with Gasteiger partial charge in [0.15, 0.2) is 0 Å². The van der Waals surface area contributed by atoms with Crippen molar-refractivity contribution in [3.8, 4) is 0 Å². The highest BCUT2D eigenvalue weighted by atomic mass is 16.5. The third-order valence-electron chi connectivity index (χ3n) is 5.25. The van der Waals surface area contributed by atoms with Crippen LogP contribution in [0.25, 0.3) is 0 Å². The van der Waals surface area contributed by atoms with E-state index >= 15 is 0 Å². The lowest BCUT2D eigenvalue weighted by atomic mass is 9.96. The number of piperidine rings is 1. The van der Waals surface area contributed by atoms with Crippen LogP contribution in [0.4, 0.5) is 0 Å². The molecule has 27 heavy (non-hydrogen) atoms. The summed E-state index contributed by atoms with van der Waals surface area (Å²) in [5, 5.41) is 0. The highest BCUT2D eigenvalue weighted by Crippen LogP contribution is 2.20. The van der Waals surface area contributed by atoms with Gasteiger partial charge >= 0.3 is 0 Å². The van der Waals surface area contributed by atoms with Crippen LogP contribution in [-0.4, -0.2) is 89.5 Å². The van der Waals surface area contributed by atoms with Crippen molar-refractivity contribution in [1.82, 2.24) is 24.7 Å². The van der Waals surface area contributed by atoms with E-state index in [0.717, 1.165) is 45.0 Å². The predicted molar refractivity (Wildman–Crippen MR) is 99.7 cm³/mol. The number of nitrogens with zero attached hydrogens (tertiary/aromatic N) is 5. The van der Waals surface area contributed by atoms with Gasteiger partial charge in [-0.05, 0) is 12.8 Å². The SMILES string of the molecule is CN(Cc1cnccn1)C(=O)[C@@H]1CCC(=O)N(CCCN2CCOCC2)C1. The van der Waals surface area contributed by atoms with Crippen molar-refractivity contribution in [2.24, 2.45) is 5.92 Å². The highest BCUT2D eigenvalue weighted by Gasteiger charge is 2.31. The molecule has 0 unspecified atom stereocenters. The summed E-state index contributed by atoms with van der Waals surface area (Å²) in [7, 11) is 1.79. The second-order valence-corrected chi connectivity index (χ2v) is 7.27. The van der Waals surface area contributed by atoms with E-state index in [4.69, 9.17) is 4.74 Å². The number of aromatic nitrogens is 2. The van der Waals surface area contributed by atoms with Gasteiger partial charge < -0.3 is 14.5 Å². The van der Waals surface area contributed by atoms with Crippen LogP contribution in [0.2, 0.25) is 0 Å². The standard InChI is InChI=1S/C19H29N5O3/c1-22(15-17-13-20-5-6-21-17)19(26)16-3-4-18(25)24(14-16)8-2-7-23-9-11-27-12-10-23/h5-6,13,16H,2-4,7-12,14-15H2,1H3/t16-/m1/s1. The fourth-order valence-corrected chi connectivity index (χ4v) is 3.69. The maximum absolute atomic E-state index is 12.8. The molecule has 2 aliphatic heterocycles. The Morgan fingerprint density at radius 2 is 2.11 bits per heavy atom. The van der Waals surface area contributed by atoms with Gasteiger partial charge in [0.2, 0.25) is 11.8 Å². The molecule has 2 saturated heterocycles. The Hall–Kier alpha value is -2.06. The number of carbonyl (C=O) groups excluding carboxylic acids is 2. The molecular formula is C19H29N5O3. The summed E-state index contributed by atoms with van der Waals surface area (Å²) in [6.45, 7) is 6.14. The van der Waals surface area contributed by atoms with Crippen LogP contribution in [0, 0.1) is 5.92 Å². The van der Waals surface area contributed by atoms with Gasteiger partial charge in [0.1, 0.15) is 0 Å². The zero-order valence-electron chi connectivity index (χ0n) is 16.0. The molecule has 8 heteroatoms. The Morgan fingerprint density at radius 1 is 1.30 bits per heavy atom. The summed E-state index contributed by atoms with van der Waals surface area (Å²) < 4.78 is 5.36. The number of likely N-dealkylation sites (tertiary alicyclic amines) is 1. The number of hydrogen-bond acceptors (Lipinski definition) is 6. The lowest BCUT2D eigenvalue weighted by molar-refractivity contribution is -0.142. The van der Waals surface area contributed by atoms with E-state index in [2.05, 4.69) is 14.9 Å². The van der Waals surface area contributed by atoms with Crippen molar-refractivity contribution >= 4 is 11.8 Å². The Bertz CT molecular complexity index is 621. The average Bonchev–Trinajstić information content (AvgIpc) is 2.70. The van der Waals surface area contributed by atoms with Crippen molar-refractivity contribution in [3.63, 3.8) is 0 Å².